The van der Waals surface area contributed by atoms with Gasteiger partial charge in [0, 0.05) is 6.42 Å². The minimum Gasteiger partial charge on any atom is -0.744 e. The predicted molar refractivity (Wildman–Crippen MR) is 87.8 cm³/mol. The van der Waals surface area contributed by atoms with Gasteiger partial charge in [-0.1, -0.05) is 31.0 Å². The van der Waals surface area contributed by atoms with Gasteiger partial charge < -0.3 is 4.55 Å². The maximum Gasteiger partial charge on any atom is 0.181 e. The Labute approximate surface area is 131 Å². The van der Waals surface area contributed by atoms with E-state index in [-0.39, 0.29) is 4.90 Å². The van der Waals surface area contributed by atoms with Crippen molar-refractivity contribution in [1.82, 2.24) is 0 Å². The van der Waals surface area contributed by atoms with Gasteiger partial charge in [0.15, 0.2) is 11.5 Å². The Balaban J connectivity index is 0.000000384. The molecule has 0 fully saturated rings. The van der Waals surface area contributed by atoms with Crippen molar-refractivity contribution >= 4 is 26.8 Å². The summed E-state index contributed by atoms with van der Waals surface area (Å²) in [6, 6.07) is 5.78. The molecule has 0 aliphatic rings. The smallest absolute Gasteiger partial charge is 0.181 e. The van der Waals surface area contributed by atoms with Gasteiger partial charge in [0.1, 0.15) is 10.1 Å². The Kier molecular flexibility index (Phi) is 9.57. The highest BCUT2D eigenvalue weighted by atomic mass is 32.2. The number of benzene rings is 1. The van der Waals surface area contributed by atoms with Crippen LogP contribution in [0.1, 0.15) is 31.7 Å². The van der Waals surface area contributed by atoms with Gasteiger partial charge >= 0.3 is 0 Å². The van der Waals surface area contributed by atoms with E-state index in [2.05, 4.69) is 19.4 Å². The molecule has 0 aliphatic carbocycles. The molecule has 6 heteroatoms. The van der Waals surface area contributed by atoms with Gasteiger partial charge in [0.25, 0.3) is 0 Å². The van der Waals surface area contributed by atoms with Crippen molar-refractivity contribution in [2.24, 2.45) is 0 Å². The van der Waals surface area contributed by atoms with Crippen LogP contribution in [0.15, 0.2) is 29.2 Å². The second kappa shape index (κ2) is 9.97. The lowest BCUT2D eigenvalue weighted by Crippen LogP contribution is -2.12. The highest BCUT2D eigenvalue weighted by Gasteiger charge is 2.09. The molecule has 120 valence electrons. The summed E-state index contributed by atoms with van der Waals surface area (Å²) < 4.78 is 31.2. The van der Waals surface area contributed by atoms with Crippen LogP contribution in [-0.2, 0) is 25.8 Å². The normalized spacial score (nSPS) is 11.0. The first-order valence-corrected chi connectivity index (χ1v) is 10.4. The topological polar surface area (TPSA) is 74.3 Å². The summed E-state index contributed by atoms with van der Waals surface area (Å²) in [6.07, 6.45) is 7.22. The first-order valence-electron chi connectivity index (χ1n) is 6.75. The molecule has 0 saturated heterocycles. The number of Topliss-reactive ketones (excluding diaryl/α,β-unsaturated/α-hetero) is 1. The first-order chi connectivity index (χ1) is 9.66. The number of rotatable bonds is 6. The van der Waals surface area contributed by atoms with Crippen LogP contribution >= 0.6 is 0 Å². The minimum atomic E-state index is -4.27. The van der Waals surface area contributed by atoms with Crippen molar-refractivity contribution in [2.45, 2.75) is 38.0 Å². The van der Waals surface area contributed by atoms with Gasteiger partial charge in [-0.05, 0) is 36.4 Å². The standard InChI is InChI=1S/C8H17OS.C7H8O3S/c1-4-5-6-8(9)7-10(2)3;1-6-2-4-7(5-3-6)11(8,9)10/h4-7H2,1-3H3;2-5H,1H3,(H,8,9,10)/q+1;/p-1. The zero-order valence-electron chi connectivity index (χ0n) is 13.1. The molecule has 0 radical (unpaired) electrons. The van der Waals surface area contributed by atoms with Crippen LogP contribution in [0.25, 0.3) is 0 Å². The Hall–Kier alpha value is -0.850. The van der Waals surface area contributed by atoms with Crippen LogP contribution in [0.5, 0.6) is 0 Å². The quantitative estimate of drug-likeness (QED) is 0.592. The molecule has 0 atom stereocenters. The minimum absolute atomic E-state index is 0.178. The molecule has 0 unspecified atom stereocenters. The first kappa shape index (κ1) is 20.1. The summed E-state index contributed by atoms with van der Waals surface area (Å²) in [5.74, 6) is 1.23. The average Bonchev–Trinajstić information content (AvgIpc) is 2.35. The number of hydrogen-bond acceptors (Lipinski definition) is 4. The van der Waals surface area contributed by atoms with Gasteiger partial charge in [-0.3, -0.25) is 4.79 Å². The molecule has 1 aromatic rings. The maximum absolute atomic E-state index is 11.0. The fourth-order valence-electron chi connectivity index (χ4n) is 1.47. The van der Waals surface area contributed by atoms with E-state index < -0.39 is 10.1 Å². The summed E-state index contributed by atoms with van der Waals surface area (Å²) in [5.41, 5.74) is 0.928. The van der Waals surface area contributed by atoms with Crippen LogP contribution in [0, 0.1) is 6.92 Å². The number of unbranched alkanes of at least 4 members (excludes halogenated alkanes) is 1. The molecule has 21 heavy (non-hydrogen) atoms. The second-order valence-corrected chi connectivity index (χ2v) is 8.68. The Bertz CT molecular complexity index is 519. The third-order valence-corrected chi connectivity index (χ3v) is 4.32. The molecule has 0 saturated carbocycles. The number of ketones is 1. The van der Waals surface area contributed by atoms with E-state index in [1.54, 1.807) is 12.1 Å². The number of carbonyl (C=O) groups is 1. The van der Waals surface area contributed by atoms with Crippen LogP contribution in [0.3, 0.4) is 0 Å². The summed E-state index contributed by atoms with van der Waals surface area (Å²) >= 11 is 0. The van der Waals surface area contributed by atoms with Crippen LogP contribution in [0.2, 0.25) is 0 Å². The van der Waals surface area contributed by atoms with Gasteiger partial charge in [0.05, 0.1) is 17.4 Å². The molecular formula is C15H24O4S2. The fraction of sp³-hybridized carbons (Fsp3) is 0.533. The SMILES string of the molecule is CCCCC(=O)C[S+](C)C.Cc1ccc(S(=O)(=O)[O-])cc1. The average molecular weight is 332 g/mol. The van der Waals surface area contributed by atoms with Crippen molar-refractivity contribution in [1.29, 1.82) is 0 Å². The summed E-state index contributed by atoms with van der Waals surface area (Å²) in [6.45, 7) is 3.94. The van der Waals surface area contributed by atoms with E-state index in [1.807, 2.05) is 6.92 Å². The van der Waals surface area contributed by atoms with Crippen molar-refractivity contribution in [3.63, 3.8) is 0 Å². The molecule has 0 bridgehead atoms. The lowest BCUT2D eigenvalue weighted by atomic mass is 10.2. The monoisotopic (exact) mass is 332 g/mol. The molecular weight excluding hydrogens is 308 g/mol. The third kappa shape index (κ3) is 10.5. The molecule has 0 spiro atoms. The van der Waals surface area contributed by atoms with Gasteiger partial charge in [-0.2, -0.15) is 0 Å². The fourth-order valence-corrected chi connectivity index (χ4v) is 2.73. The zero-order chi connectivity index (χ0) is 16.5. The highest BCUT2D eigenvalue weighted by molar-refractivity contribution is 7.96. The second-order valence-electron chi connectivity index (χ2n) is 5.04. The predicted octanol–water partition coefficient (Wildman–Crippen LogP) is 2.52. The van der Waals surface area contributed by atoms with Gasteiger partial charge in [-0.15, -0.1) is 0 Å². The molecule has 0 N–H and O–H groups in total. The zero-order valence-corrected chi connectivity index (χ0v) is 14.7. The van der Waals surface area contributed by atoms with E-state index in [0.717, 1.165) is 30.6 Å². The Morgan fingerprint density at radius 2 is 1.71 bits per heavy atom. The number of carbonyl (C=O) groups excluding carboxylic acids is 1. The molecule has 0 aromatic heterocycles. The maximum atomic E-state index is 11.0. The highest BCUT2D eigenvalue weighted by Crippen LogP contribution is 2.08. The third-order valence-electron chi connectivity index (χ3n) is 2.57. The molecule has 0 aliphatic heterocycles. The lowest BCUT2D eigenvalue weighted by molar-refractivity contribution is -0.116. The van der Waals surface area contributed by atoms with Crippen molar-refractivity contribution in [3.05, 3.63) is 29.8 Å². The van der Waals surface area contributed by atoms with Crippen LogP contribution in [0.4, 0.5) is 0 Å². The largest absolute Gasteiger partial charge is 0.744 e. The number of aryl methyl sites for hydroxylation is 1. The van der Waals surface area contributed by atoms with Crippen molar-refractivity contribution in [3.8, 4) is 0 Å². The molecule has 1 rings (SSSR count). The van der Waals surface area contributed by atoms with E-state index in [9.17, 15) is 17.8 Å². The Morgan fingerprint density at radius 3 is 2.10 bits per heavy atom. The van der Waals surface area contributed by atoms with Crippen LogP contribution in [-0.4, -0.2) is 37.0 Å². The number of hydrogen-bond donors (Lipinski definition) is 0. The van der Waals surface area contributed by atoms with E-state index >= 15 is 0 Å². The molecule has 1 aromatic carbocycles. The van der Waals surface area contributed by atoms with Gasteiger partial charge in [0.2, 0.25) is 0 Å². The molecule has 0 heterocycles. The van der Waals surface area contributed by atoms with E-state index in [4.69, 9.17) is 0 Å². The van der Waals surface area contributed by atoms with Crippen molar-refractivity contribution < 1.29 is 17.8 Å². The van der Waals surface area contributed by atoms with E-state index in [1.165, 1.54) is 12.1 Å². The van der Waals surface area contributed by atoms with Crippen molar-refractivity contribution in [2.75, 3.05) is 18.3 Å². The lowest BCUT2D eigenvalue weighted by Gasteiger charge is -2.05. The van der Waals surface area contributed by atoms with E-state index in [0.29, 0.717) is 16.7 Å². The van der Waals surface area contributed by atoms with Gasteiger partial charge in [-0.25, -0.2) is 8.42 Å². The molecule has 4 nitrogen and oxygen atoms in total. The molecule has 0 amide bonds. The summed E-state index contributed by atoms with van der Waals surface area (Å²) in [4.78, 5) is 10.8. The van der Waals surface area contributed by atoms with Crippen LogP contribution < -0.4 is 0 Å². The Morgan fingerprint density at radius 1 is 1.19 bits per heavy atom. The summed E-state index contributed by atoms with van der Waals surface area (Å²) in [5, 5.41) is 0. The summed E-state index contributed by atoms with van der Waals surface area (Å²) in [7, 11) is -3.97.